The molecule has 0 bridgehead atoms. The van der Waals surface area contributed by atoms with Gasteiger partial charge in [0.1, 0.15) is 6.23 Å². The number of aromatic nitrogens is 2. The molecule has 2 heterocycles. The van der Waals surface area contributed by atoms with E-state index in [1.54, 1.807) is 12.3 Å². The number of rotatable bonds is 13. The third kappa shape index (κ3) is 10.3. The summed E-state index contributed by atoms with van der Waals surface area (Å²) in [7, 11) is 0. The van der Waals surface area contributed by atoms with Crippen molar-refractivity contribution in [1.82, 2.24) is 30.9 Å². The second-order valence-electron chi connectivity index (χ2n) is 10.2. The lowest BCUT2D eigenvalue weighted by Gasteiger charge is -2.24. The van der Waals surface area contributed by atoms with Gasteiger partial charge in [0.25, 0.3) is 0 Å². The molecule has 0 radical (unpaired) electrons. The lowest BCUT2D eigenvalue weighted by atomic mass is 9.96. The minimum Gasteiger partial charge on any atom is -0.374 e. The molecule has 1 aliphatic carbocycles. The highest BCUT2D eigenvalue weighted by molar-refractivity contribution is 7.80. The number of fused-ring (bicyclic) bond motifs is 2. The first-order valence-corrected chi connectivity index (χ1v) is 16.4. The molecule has 2 unspecified atom stereocenters. The minimum atomic E-state index is -0.855. The Labute approximate surface area is 272 Å². The Morgan fingerprint density at radius 2 is 1.74 bits per heavy atom. The monoisotopic (exact) mass is 645 g/mol. The van der Waals surface area contributed by atoms with Crippen LogP contribution in [0.3, 0.4) is 0 Å². The van der Waals surface area contributed by atoms with E-state index < -0.39 is 6.23 Å². The van der Waals surface area contributed by atoms with Crippen molar-refractivity contribution in [1.29, 1.82) is 0 Å². The van der Waals surface area contributed by atoms with E-state index in [4.69, 9.17) is 35.4 Å². The number of pyridine rings is 2. The Morgan fingerprint density at radius 1 is 1.02 bits per heavy atom. The van der Waals surface area contributed by atoms with E-state index in [9.17, 15) is 5.11 Å². The lowest BCUT2D eigenvalue weighted by Crippen LogP contribution is -2.41. The van der Waals surface area contributed by atoms with Crippen LogP contribution in [0.5, 0.6) is 0 Å². The molecule has 1 aromatic carbocycles. The number of aryl methyl sites for hydroxylation is 2. The number of thiocarbonyl (C=S) groups is 1. The van der Waals surface area contributed by atoms with Crippen molar-refractivity contribution >= 4 is 46.4 Å². The van der Waals surface area contributed by atoms with E-state index in [0.29, 0.717) is 33.1 Å². The zero-order valence-electron chi connectivity index (χ0n) is 25.6. The molecule has 0 spiro atoms. The number of hydrogen-bond donors (Lipinski definition) is 5. The average Bonchev–Trinajstić information content (AvgIpc) is 3.16. The fourth-order valence-corrected chi connectivity index (χ4v) is 5.75. The van der Waals surface area contributed by atoms with Crippen molar-refractivity contribution in [3.63, 3.8) is 0 Å². The minimum absolute atomic E-state index is 0.222. The summed E-state index contributed by atoms with van der Waals surface area (Å²) in [5.74, 6) is 0.396. The van der Waals surface area contributed by atoms with Crippen LogP contribution in [0.25, 0.3) is 0 Å². The van der Waals surface area contributed by atoms with Crippen LogP contribution in [-0.4, -0.2) is 51.3 Å². The number of aliphatic hydroxyl groups is 1. The summed E-state index contributed by atoms with van der Waals surface area (Å²) >= 11 is 18.5. The molecule has 5 N–H and O–H groups in total. The summed E-state index contributed by atoms with van der Waals surface area (Å²) in [6, 6.07) is 9.49. The molecule has 4 rings (SSSR count). The summed E-state index contributed by atoms with van der Waals surface area (Å²) in [4.78, 5) is 11.2. The summed E-state index contributed by atoms with van der Waals surface area (Å²) < 4.78 is 0. The van der Waals surface area contributed by atoms with Gasteiger partial charge in [-0.3, -0.25) is 21.2 Å². The highest BCUT2D eigenvalue weighted by Crippen LogP contribution is 2.33. The van der Waals surface area contributed by atoms with Crippen molar-refractivity contribution in [2.24, 2.45) is 0 Å². The first-order valence-electron chi connectivity index (χ1n) is 15.2. The van der Waals surface area contributed by atoms with E-state index >= 15 is 0 Å². The van der Waals surface area contributed by atoms with Crippen molar-refractivity contribution in [2.75, 3.05) is 31.6 Å². The quantitative estimate of drug-likeness (QED) is 0.0611. The van der Waals surface area contributed by atoms with Crippen LogP contribution in [0.4, 0.5) is 5.82 Å². The van der Waals surface area contributed by atoms with Gasteiger partial charge in [-0.15, -0.1) is 0 Å². The van der Waals surface area contributed by atoms with Gasteiger partial charge in [0, 0.05) is 34.7 Å². The Balaban J connectivity index is 0.00000248. The number of hydrogen-bond acceptors (Lipinski definition) is 7. The molecule has 3 aromatic rings. The largest absolute Gasteiger partial charge is 0.374 e. The number of hydrazine groups is 1. The molecule has 11 heteroatoms. The van der Waals surface area contributed by atoms with Gasteiger partial charge in [-0.05, 0) is 111 Å². The standard InChI is InChI=1S/C30H39Cl2N7OS.C2H6/c1-3-13-39(14-4-2)15-5-11-34-29(40)22-16-26(32)28(35-18-22)37-38-30(41)36-27-24-17-23(31)9-8-20(24)6-7-21-10-12-33-19-25(21)27;1-2/h8-10,12,16-19,27,29,34,40H,3-7,11,13-15H2,1-2H3,(H,35,37)(H2,36,38,41);1-2H3. The maximum Gasteiger partial charge on any atom is 0.185 e. The third-order valence-electron chi connectivity index (χ3n) is 7.16. The summed E-state index contributed by atoms with van der Waals surface area (Å²) in [6.45, 7) is 12.3. The first-order chi connectivity index (χ1) is 20.9. The molecule has 0 saturated heterocycles. The Morgan fingerprint density at radius 3 is 2.44 bits per heavy atom. The van der Waals surface area contributed by atoms with Crippen LogP contribution >= 0.6 is 35.4 Å². The smallest absolute Gasteiger partial charge is 0.185 e. The number of anilines is 1. The van der Waals surface area contributed by atoms with Gasteiger partial charge in [-0.1, -0.05) is 57.0 Å². The topological polar surface area (TPSA) is 97.4 Å². The van der Waals surface area contributed by atoms with Gasteiger partial charge in [0.2, 0.25) is 0 Å². The highest BCUT2D eigenvalue weighted by atomic mass is 35.5. The second kappa shape index (κ2) is 18.3. The lowest BCUT2D eigenvalue weighted by molar-refractivity contribution is 0.136. The fraction of sp³-hybridized carbons (Fsp3) is 0.469. The molecule has 234 valence electrons. The van der Waals surface area contributed by atoms with Gasteiger partial charge >= 0.3 is 0 Å². The van der Waals surface area contributed by atoms with Crippen LogP contribution in [0.1, 0.15) is 87.0 Å². The molecule has 43 heavy (non-hydrogen) atoms. The zero-order chi connectivity index (χ0) is 31.2. The molecule has 2 aromatic heterocycles. The first kappa shape index (κ1) is 35.0. The van der Waals surface area contributed by atoms with Crippen LogP contribution in [0, 0.1) is 0 Å². The maximum atomic E-state index is 10.6. The van der Waals surface area contributed by atoms with Gasteiger partial charge < -0.3 is 15.3 Å². The third-order valence-corrected chi connectivity index (χ3v) is 7.90. The number of aliphatic hydroxyl groups excluding tert-OH is 1. The molecule has 2 atom stereocenters. The molecule has 0 fully saturated rings. The normalized spacial score (nSPS) is 14.5. The van der Waals surface area contributed by atoms with Gasteiger partial charge in [-0.2, -0.15) is 0 Å². The number of nitrogens with zero attached hydrogens (tertiary/aromatic N) is 3. The van der Waals surface area contributed by atoms with Crippen molar-refractivity contribution in [3.05, 3.63) is 86.8 Å². The van der Waals surface area contributed by atoms with Gasteiger partial charge in [0.15, 0.2) is 10.9 Å². The van der Waals surface area contributed by atoms with Crippen LogP contribution in [0.15, 0.2) is 48.9 Å². The Bertz CT molecular complexity index is 1310. The van der Waals surface area contributed by atoms with Crippen LogP contribution in [-0.2, 0) is 12.8 Å². The number of halogens is 2. The molecule has 8 nitrogen and oxygen atoms in total. The zero-order valence-corrected chi connectivity index (χ0v) is 27.9. The number of nitrogens with one attached hydrogen (secondary N) is 4. The fourth-order valence-electron chi connectivity index (χ4n) is 5.18. The second-order valence-corrected chi connectivity index (χ2v) is 11.5. The molecular weight excluding hydrogens is 601 g/mol. The summed E-state index contributed by atoms with van der Waals surface area (Å²) in [5.41, 5.74) is 11.1. The van der Waals surface area contributed by atoms with Crippen LogP contribution < -0.4 is 21.5 Å². The molecule has 0 amide bonds. The molecular formula is C32H45Cl2N7OS. The predicted molar refractivity (Wildman–Crippen MR) is 183 cm³/mol. The van der Waals surface area contributed by atoms with E-state index in [-0.39, 0.29) is 6.04 Å². The maximum absolute atomic E-state index is 10.6. The van der Waals surface area contributed by atoms with E-state index in [1.165, 1.54) is 11.1 Å². The average molecular weight is 647 g/mol. The Kier molecular flexibility index (Phi) is 14.9. The van der Waals surface area contributed by atoms with Gasteiger partial charge in [0.05, 0.1) is 11.1 Å². The SMILES string of the molecule is CC.CCCN(CCC)CCCNC(O)c1cnc(NNC(=S)NC2c3cnccc3CCc3ccc(Cl)cc32)c(Cl)c1. The van der Waals surface area contributed by atoms with Gasteiger partial charge in [-0.25, -0.2) is 4.98 Å². The van der Waals surface area contributed by atoms with Crippen LogP contribution in [0.2, 0.25) is 10.0 Å². The Hall–Kier alpha value is -2.53. The van der Waals surface area contributed by atoms with Crippen molar-refractivity contribution < 1.29 is 5.11 Å². The highest BCUT2D eigenvalue weighted by Gasteiger charge is 2.25. The predicted octanol–water partition coefficient (Wildman–Crippen LogP) is 6.58. The van der Waals surface area contributed by atoms with E-state index in [1.807, 2.05) is 44.4 Å². The molecule has 0 aliphatic heterocycles. The summed E-state index contributed by atoms with van der Waals surface area (Å²) in [6.07, 6.45) is 9.48. The van der Waals surface area contributed by atoms with Crippen molar-refractivity contribution in [2.45, 2.75) is 72.1 Å². The summed E-state index contributed by atoms with van der Waals surface area (Å²) in [5, 5.41) is 18.6. The molecule has 0 saturated carbocycles. The number of benzene rings is 1. The molecule has 1 aliphatic rings. The van der Waals surface area contributed by atoms with E-state index in [0.717, 1.165) is 62.9 Å². The van der Waals surface area contributed by atoms with Crippen molar-refractivity contribution in [3.8, 4) is 0 Å². The van der Waals surface area contributed by atoms with E-state index in [2.05, 4.69) is 56.3 Å².